The molecule has 3 unspecified atom stereocenters. The van der Waals surface area contributed by atoms with Crippen molar-refractivity contribution in [2.24, 2.45) is 23.2 Å². The van der Waals surface area contributed by atoms with Crippen molar-refractivity contribution in [1.82, 2.24) is 0 Å². The predicted molar refractivity (Wildman–Crippen MR) is 145 cm³/mol. The Kier molecular flexibility index (Phi) is 9.94. The predicted octanol–water partition coefficient (Wildman–Crippen LogP) is 6.97. The van der Waals surface area contributed by atoms with Gasteiger partial charge < -0.3 is 19.1 Å². The van der Waals surface area contributed by atoms with Crippen molar-refractivity contribution in [1.29, 1.82) is 0 Å². The zero-order chi connectivity index (χ0) is 25.2. The molecule has 0 aromatic rings. The molecule has 0 heterocycles. The Morgan fingerprint density at radius 2 is 1.61 bits per heavy atom. The molecule has 4 nitrogen and oxygen atoms in total. The lowest BCUT2D eigenvalue weighted by Crippen LogP contribution is -2.53. The molecule has 0 spiro atoms. The highest BCUT2D eigenvalue weighted by molar-refractivity contribution is 6.74. The first-order valence-corrected chi connectivity index (χ1v) is 19.3. The normalized spacial score (nSPS) is 31.8. The maximum absolute atomic E-state index is 10.9. The number of aliphatic hydroxyl groups excluding tert-OH is 2. The Morgan fingerprint density at radius 1 is 1.03 bits per heavy atom. The van der Waals surface area contributed by atoms with Crippen molar-refractivity contribution < 1.29 is 19.1 Å². The monoisotopic (exact) mass is 500 g/mol. The van der Waals surface area contributed by atoms with Crippen LogP contribution in [0.25, 0.3) is 0 Å². The van der Waals surface area contributed by atoms with Crippen LogP contribution >= 0.6 is 0 Å². The number of aliphatic hydroxyl groups is 2. The van der Waals surface area contributed by atoms with Crippen LogP contribution in [0, 0.1) is 23.2 Å². The third-order valence-corrected chi connectivity index (χ3v) is 19.6. The molecule has 0 saturated heterocycles. The van der Waals surface area contributed by atoms with Gasteiger partial charge >= 0.3 is 0 Å². The fraction of sp³-hybridized carbons (Fsp3) is 1.00. The second kappa shape index (κ2) is 11.1. The largest absolute Gasteiger partial charge is 0.414 e. The third-order valence-electron chi connectivity index (χ3n) is 10.4. The summed E-state index contributed by atoms with van der Waals surface area (Å²) in [4.78, 5) is 0. The van der Waals surface area contributed by atoms with E-state index < -0.39 is 22.7 Å². The lowest BCUT2D eigenvalue weighted by molar-refractivity contribution is -0.0751. The summed E-state index contributed by atoms with van der Waals surface area (Å²) in [6, 6.07) is 3.19. The molecule has 0 aliphatic heterocycles. The standard InChI is InChI=1S/C27H56O4Si2/c1-11-33(12-2,13-3)31-25(23(29)19-28)20(4)21-16-17-22-24(15-14-18-27(21,22)8)30-32(9,10)26(5,6)7/h20-25,28-29H,11-19H2,1-10H3/t20?,21-,22+,23?,24+,25?,27-/m1/s1. The van der Waals surface area contributed by atoms with Crippen molar-refractivity contribution in [3.63, 3.8) is 0 Å². The first-order chi connectivity index (χ1) is 15.2. The van der Waals surface area contributed by atoms with Crippen LogP contribution < -0.4 is 0 Å². The van der Waals surface area contributed by atoms with Gasteiger partial charge in [-0.15, -0.1) is 0 Å². The number of hydrogen-bond donors (Lipinski definition) is 2. The molecule has 0 radical (unpaired) electrons. The number of rotatable bonds is 11. The summed E-state index contributed by atoms with van der Waals surface area (Å²) in [7, 11) is -3.72. The Morgan fingerprint density at radius 3 is 2.09 bits per heavy atom. The molecule has 196 valence electrons. The first-order valence-electron chi connectivity index (χ1n) is 13.9. The molecular formula is C27H56O4Si2. The highest BCUT2D eigenvalue weighted by Gasteiger charge is 2.56. The maximum Gasteiger partial charge on any atom is 0.192 e. The van der Waals surface area contributed by atoms with Crippen LogP contribution in [-0.4, -0.2) is 51.8 Å². The lowest BCUT2D eigenvalue weighted by atomic mass is 9.61. The minimum atomic E-state index is -1.90. The van der Waals surface area contributed by atoms with E-state index in [0.717, 1.165) is 18.1 Å². The van der Waals surface area contributed by atoms with E-state index >= 15 is 0 Å². The third kappa shape index (κ3) is 5.99. The van der Waals surface area contributed by atoms with Gasteiger partial charge in [-0.1, -0.05) is 61.8 Å². The molecule has 0 aromatic heterocycles. The molecule has 2 rings (SSSR count). The summed E-state index contributed by atoms with van der Waals surface area (Å²) in [6.07, 6.45) is 5.32. The summed E-state index contributed by atoms with van der Waals surface area (Å²) in [6.45, 7) is 23.1. The quantitative estimate of drug-likeness (QED) is 0.301. The van der Waals surface area contributed by atoms with Crippen LogP contribution in [0.5, 0.6) is 0 Å². The Hall–Kier alpha value is 0.274. The van der Waals surface area contributed by atoms with Crippen molar-refractivity contribution >= 4 is 16.6 Å². The minimum absolute atomic E-state index is 0.219. The van der Waals surface area contributed by atoms with Crippen molar-refractivity contribution in [3.05, 3.63) is 0 Å². The van der Waals surface area contributed by atoms with Gasteiger partial charge in [0.1, 0.15) is 6.10 Å². The Bertz CT molecular complexity index is 607. The van der Waals surface area contributed by atoms with Gasteiger partial charge in [0.15, 0.2) is 16.6 Å². The Balaban J connectivity index is 2.29. The van der Waals surface area contributed by atoms with Crippen LogP contribution in [-0.2, 0) is 8.85 Å². The highest BCUT2D eigenvalue weighted by Crippen LogP contribution is 2.60. The van der Waals surface area contributed by atoms with Crippen molar-refractivity contribution in [2.45, 2.75) is 142 Å². The molecule has 7 atom stereocenters. The van der Waals surface area contributed by atoms with Gasteiger partial charge in [0.05, 0.1) is 12.7 Å². The topological polar surface area (TPSA) is 58.9 Å². The minimum Gasteiger partial charge on any atom is -0.414 e. The van der Waals surface area contributed by atoms with E-state index in [2.05, 4.69) is 68.5 Å². The molecule has 0 aromatic carbocycles. The van der Waals surface area contributed by atoms with Crippen LogP contribution in [0.4, 0.5) is 0 Å². The maximum atomic E-state index is 10.9. The SMILES string of the molecule is CC[Si](CC)(CC)OC(C(O)CO)C(C)[C@H]1CC[C@H]2[C@@H](O[Si](C)(C)C(C)(C)C)CCC[C@]12C. The second-order valence-electron chi connectivity index (χ2n) is 13.0. The highest BCUT2D eigenvalue weighted by atomic mass is 28.4. The van der Waals surface area contributed by atoms with E-state index in [9.17, 15) is 10.2 Å². The second-order valence-corrected chi connectivity index (χ2v) is 22.5. The summed E-state index contributed by atoms with van der Waals surface area (Å²) >= 11 is 0. The fourth-order valence-corrected chi connectivity index (χ4v) is 11.2. The first kappa shape index (κ1) is 29.5. The van der Waals surface area contributed by atoms with Gasteiger partial charge in [0.2, 0.25) is 0 Å². The van der Waals surface area contributed by atoms with Crippen LogP contribution in [0.2, 0.25) is 36.3 Å². The Labute approximate surface area is 207 Å². The average molecular weight is 501 g/mol. The van der Waals surface area contributed by atoms with E-state index in [1.54, 1.807) is 0 Å². The van der Waals surface area contributed by atoms with Gasteiger partial charge in [-0.25, -0.2) is 0 Å². The number of hydrogen-bond acceptors (Lipinski definition) is 4. The van der Waals surface area contributed by atoms with E-state index in [-0.39, 0.29) is 29.1 Å². The van der Waals surface area contributed by atoms with Crippen molar-refractivity contribution in [3.8, 4) is 0 Å². The van der Waals surface area contributed by atoms with E-state index in [1.165, 1.54) is 32.1 Å². The van der Waals surface area contributed by atoms with E-state index in [4.69, 9.17) is 8.85 Å². The van der Waals surface area contributed by atoms with Crippen molar-refractivity contribution in [2.75, 3.05) is 6.61 Å². The van der Waals surface area contributed by atoms with Gasteiger partial charge in [-0.05, 0) is 85.1 Å². The summed E-state index contributed by atoms with van der Waals surface area (Å²) < 4.78 is 13.9. The van der Waals surface area contributed by atoms with Gasteiger partial charge in [0, 0.05) is 6.10 Å². The molecule has 2 aliphatic carbocycles. The molecule has 2 saturated carbocycles. The van der Waals surface area contributed by atoms with Crippen LogP contribution in [0.15, 0.2) is 0 Å². The lowest BCUT2D eigenvalue weighted by Gasteiger charge is -2.51. The van der Waals surface area contributed by atoms with E-state index in [0.29, 0.717) is 17.9 Å². The fourth-order valence-electron chi connectivity index (χ4n) is 6.88. The molecule has 6 heteroatoms. The smallest absolute Gasteiger partial charge is 0.192 e. The van der Waals surface area contributed by atoms with Gasteiger partial charge in [-0.3, -0.25) is 0 Å². The average Bonchev–Trinajstić information content (AvgIpc) is 3.11. The summed E-state index contributed by atoms with van der Waals surface area (Å²) in [5, 5.41) is 21.1. The number of fused-ring (bicyclic) bond motifs is 1. The molecule has 33 heavy (non-hydrogen) atoms. The summed E-state index contributed by atoms with van der Waals surface area (Å²) in [5.41, 5.74) is 0.219. The molecule has 2 aliphatic rings. The zero-order valence-corrected chi connectivity index (χ0v) is 25.5. The molecule has 0 bridgehead atoms. The van der Waals surface area contributed by atoms with Crippen LogP contribution in [0.3, 0.4) is 0 Å². The molecule has 2 fully saturated rings. The molecular weight excluding hydrogens is 444 g/mol. The zero-order valence-electron chi connectivity index (χ0n) is 23.5. The van der Waals surface area contributed by atoms with Crippen LogP contribution in [0.1, 0.15) is 87.5 Å². The van der Waals surface area contributed by atoms with E-state index in [1.807, 2.05) is 0 Å². The van der Waals surface area contributed by atoms with Gasteiger partial charge in [0.25, 0.3) is 0 Å². The molecule has 2 N–H and O–H groups in total. The molecule has 0 amide bonds. The van der Waals surface area contributed by atoms with Gasteiger partial charge in [-0.2, -0.15) is 0 Å². The summed E-state index contributed by atoms with van der Waals surface area (Å²) in [5.74, 6) is 1.31.